The SMILES string of the molecule is [B]1O[B]OCO1. The first-order valence-corrected chi connectivity index (χ1v) is 1.52. The second-order valence-electron chi connectivity index (χ2n) is 0.780. The molecule has 0 spiro atoms. The molecular formula is CH2B2O3. The number of hydrogen-bond donors (Lipinski definition) is 0. The zero-order chi connectivity index (χ0) is 4.24. The average molecular weight is 83.6 g/mol. The van der Waals surface area contributed by atoms with Crippen molar-refractivity contribution in [2.45, 2.75) is 0 Å². The Morgan fingerprint density at radius 2 is 1.83 bits per heavy atom. The third-order valence-electron chi connectivity index (χ3n) is 0.383. The maximum Gasteiger partial charge on any atom is 0.474 e. The maximum absolute atomic E-state index is 4.47. The van der Waals surface area contributed by atoms with Gasteiger partial charge in [0.25, 0.3) is 0 Å². The highest BCUT2D eigenvalue weighted by Gasteiger charge is 2.02. The Morgan fingerprint density at radius 3 is 2.00 bits per heavy atom. The van der Waals surface area contributed by atoms with Crippen molar-refractivity contribution in [1.82, 2.24) is 0 Å². The fourth-order valence-electron chi connectivity index (χ4n) is 0.196. The first kappa shape index (κ1) is 4.18. The summed E-state index contributed by atoms with van der Waals surface area (Å²) in [6.45, 7) is 0.264. The van der Waals surface area contributed by atoms with Gasteiger partial charge in [0.05, 0.1) is 0 Å². The molecule has 30 valence electrons. The average Bonchev–Trinajstić information content (AvgIpc) is 1.72. The second-order valence-corrected chi connectivity index (χ2v) is 0.780. The third kappa shape index (κ3) is 1.01. The van der Waals surface area contributed by atoms with E-state index in [0.717, 1.165) is 0 Å². The summed E-state index contributed by atoms with van der Waals surface area (Å²) in [5.74, 6) is 0. The van der Waals surface area contributed by atoms with Crippen molar-refractivity contribution >= 4 is 15.4 Å². The molecule has 1 heterocycles. The molecule has 0 aromatic heterocycles. The smallest absolute Gasteiger partial charge is 0.455 e. The molecule has 1 aliphatic rings. The maximum atomic E-state index is 4.47. The van der Waals surface area contributed by atoms with Crippen molar-refractivity contribution in [1.29, 1.82) is 0 Å². The first-order valence-electron chi connectivity index (χ1n) is 1.52. The minimum Gasteiger partial charge on any atom is -0.455 e. The predicted molar refractivity (Wildman–Crippen MR) is 19.6 cm³/mol. The normalized spacial score (nSPS) is 21.3. The Hall–Kier alpha value is 0.00987. The van der Waals surface area contributed by atoms with E-state index in [2.05, 4.69) is 13.9 Å². The van der Waals surface area contributed by atoms with Crippen LogP contribution in [0.2, 0.25) is 0 Å². The van der Waals surface area contributed by atoms with Crippen LogP contribution in [-0.4, -0.2) is 22.2 Å². The summed E-state index contributed by atoms with van der Waals surface area (Å²) in [6.07, 6.45) is 0. The van der Waals surface area contributed by atoms with Gasteiger partial charge in [-0.15, -0.1) is 0 Å². The predicted octanol–water partition coefficient (Wildman–Crippen LogP) is -0.924. The topological polar surface area (TPSA) is 27.7 Å². The van der Waals surface area contributed by atoms with Gasteiger partial charge in [0.1, 0.15) is 6.79 Å². The van der Waals surface area contributed by atoms with Crippen molar-refractivity contribution in [3.63, 3.8) is 0 Å². The molecule has 0 saturated carbocycles. The van der Waals surface area contributed by atoms with Gasteiger partial charge >= 0.3 is 15.4 Å². The molecule has 0 aromatic carbocycles. The lowest BCUT2D eigenvalue weighted by Gasteiger charge is -2.07. The summed E-state index contributed by atoms with van der Waals surface area (Å²) in [6, 6.07) is 0. The molecule has 0 aliphatic carbocycles. The Balaban J connectivity index is 2.00. The van der Waals surface area contributed by atoms with E-state index in [0.29, 0.717) is 0 Å². The Labute approximate surface area is 37.2 Å². The minimum absolute atomic E-state index is 0.264. The van der Waals surface area contributed by atoms with Crippen LogP contribution < -0.4 is 0 Å². The lowest BCUT2D eigenvalue weighted by molar-refractivity contribution is 0.0713. The molecule has 2 radical (unpaired) electrons. The molecule has 3 nitrogen and oxygen atoms in total. The monoisotopic (exact) mass is 84.0 g/mol. The third-order valence-corrected chi connectivity index (χ3v) is 0.383. The van der Waals surface area contributed by atoms with E-state index >= 15 is 0 Å². The Morgan fingerprint density at radius 1 is 1.17 bits per heavy atom. The van der Waals surface area contributed by atoms with Gasteiger partial charge in [0.15, 0.2) is 0 Å². The lowest BCUT2D eigenvalue weighted by Crippen LogP contribution is -2.20. The molecule has 1 fully saturated rings. The van der Waals surface area contributed by atoms with Crippen molar-refractivity contribution < 1.29 is 13.9 Å². The van der Waals surface area contributed by atoms with E-state index in [-0.39, 0.29) is 6.79 Å². The van der Waals surface area contributed by atoms with Crippen molar-refractivity contribution in [2.75, 3.05) is 6.79 Å². The number of hydrogen-bond acceptors (Lipinski definition) is 3. The summed E-state index contributed by atoms with van der Waals surface area (Å²) >= 11 is 0. The molecular weight excluding hydrogens is 81.6 g/mol. The summed E-state index contributed by atoms with van der Waals surface area (Å²) in [5, 5.41) is 0. The van der Waals surface area contributed by atoms with Crippen LogP contribution in [0.25, 0.3) is 0 Å². The minimum atomic E-state index is 0.264. The summed E-state index contributed by atoms with van der Waals surface area (Å²) < 4.78 is 13.3. The molecule has 0 N–H and O–H groups in total. The van der Waals surface area contributed by atoms with Gasteiger partial charge in [-0.05, 0) is 0 Å². The van der Waals surface area contributed by atoms with Gasteiger partial charge in [0.2, 0.25) is 0 Å². The van der Waals surface area contributed by atoms with Crippen LogP contribution in [-0.2, 0) is 13.9 Å². The van der Waals surface area contributed by atoms with E-state index < -0.39 is 0 Å². The first-order chi connectivity index (χ1) is 3.00. The van der Waals surface area contributed by atoms with E-state index in [1.807, 2.05) is 0 Å². The van der Waals surface area contributed by atoms with E-state index in [4.69, 9.17) is 0 Å². The quantitative estimate of drug-likeness (QED) is 0.355. The van der Waals surface area contributed by atoms with Gasteiger partial charge in [-0.1, -0.05) is 0 Å². The molecule has 0 atom stereocenters. The second kappa shape index (κ2) is 2.23. The van der Waals surface area contributed by atoms with E-state index in [1.54, 1.807) is 0 Å². The van der Waals surface area contributed by atoms with Crippen LogP contribution in [0.5, 0.6) is 0 Å². The fourth-order valence-corrected chi connectivity index (χ4v) is 0.196. The Kier molecular flexibility index (Phi) is 1.55. The summed E-state index contributed by atoms with van der Waals surface area (Å²) in [4.78, 5) is 0. The molecule has 6 heavy (non-hydrogen) atoms. The highest BCUT2D eigenvalue weighted by Crippen LogP contribution is 1.81. The van der Waals surface area contributed by atoms with Crippen molar-refractivity contribution in [2.24, 2.45) is 0 Å². The molecule has 0 amide bonds. The highest BCUT2D eigenvalue weighted by atomic mass is 16.7. The fraction of sp³-hybridized carbons (Fsp3) is 1.00. The molecule has 1 saturated heterocycles. The molecule has 0 unspecified atom stereocenters. The largest absolute Gasteiger partial charge is 0.474 e. The van der Waals surface area contributed by atoms with Crippen molar-refractivity contribution in [3.8, 4) is 0 Å². The zero-order valence-electron chi connectivity index (χ0n) is 3.09. The Bertz CT molecular complexity index is 24.3. The molecule has 0 bridgehead atoms. The zero-order valence-corrected chi connectivity index (χ0v) is 3.09. The van der Waals surface area contributed by atoms with Crippen LogP contribution in [0, 0.1) is 0 Å². The van der Waals surface area contributed by atoms with E-state index in [1.165, 1.54) is 15.4 Å². The number of rotatable bonds is 0. The summed E-state index contributed by atoms with van der Waals surface area (Å²) in [7, 11) is 2.42. The molecule has 5 heteroatoms. The van der Waals surface area contributed by atoms with Crippen LogP contribution in [0.3, 0.4) is 0 Å². The van der Waals surface area contributed by atoms with Gasteiger partial charge in [-0.3, -0.25) is 0 Å². The van der Waals surface area contributed by atoms with Gasteiger partial charge in [-0.2, -0.15) is 0 Å². The highest BCUT2D eigenvalue weighted by molar-refractivity contribution is 6.35. The standard InChI is InChI=1S/CH2B2O3/c1-4-2-6-3-5-1/h1H2. The summed E-state index contributed by atoms with van der Waals surface area (Å²) in [5.41, 5.74) is 0. The van der Waals surface area contributed by atoms with Crippen LogP contribution in [0.1, 0.15) is 0 Å². The molecule has 1 rings (SSSR count). The van der Waals surface area contributed by atoms with Crippen molar-refractivity contribution in [3.05, 3.63) is 0 Å². The van der Waals surface area contributed by atoms with Gasteiger partial charge in [-0.25, -0.2) is 0 Å². The van der Waals surface area contributed by atoms with Gasteiger partial charge < -0.3 is 13.9 Å². The molecule has 0 aromatic rings. The van der Waals surface area contributed by atoms with Crippen LogP contribution in [0.15, 0.2) is 0 Å². The van der Waals surface area contributed by atoms with E-state index in [9.17, 15) is 0 Å². The van der Waals surface area contributed by atoms with Gasteiger partial charge in [0, 0.05) is 0 Å². The lowest BCUT2D eigenvalue weighted by atomic mass is 10.2. The van der Waals surface area contributed by atoms with Crippen LogP contribution >= 0.6 is 0 Å². The van der Waals surface area contributed by atoms with Crippen LogP contribution in [0.4, 0.5) is 0 Å². The molecule has 1 aliphatic heterocycles.